The van der Waals surface area contributed by atoms with Crippen LogP contribution in [0.25, 0.3) is 16.7 Å². The van der Waals surface area contributed by atoms with Crippen LogP contribution in [0.1, 0.15) is 10.4 Å². The molecule has 0 bridgehead atoms. The molecule has 9 nitrogen and oxygen atoms in total. The molecule has 0 unspecified atom stereocenters. The molecule has 0 atom stereocenters. The zero-order chi connectivity index (χ0) is 24.7. The third-order valence-electron chi connectivity index (χ3n) is 6.34. The second-order valence-electron chi connectivity index (χ2n) is 8.40. The van der Waals surface area contributed by atoms with Crippen LogP contribution in [-0.4, -0.2) is 58.2 Å². The van der Waals surface area contributed by atoms with Crippen LogP contribution in [-0.2, 0) is 7.05 Å². The van der Waals surface area contributed by atoms with Gasteiger partial charge in [0.15, 0.2) is 0 Å². The van der Waals surface area contributed by atoms with Crippen molar-refractivity contribution in [3.63, 3.8) is 0 Å². The Kier molecular flexibility index (Phi) is 5.86. The van der Waals surface area contributed by atoms with Crippen molar-refractivity contribution in [1.82, 2.24) is 19.0 Å². The summed E-state index contributed by atoms with van der Waals surface area (Å²) in [5.74, 6) is 0.576. The maximum Gasteiger partial charge on any atom is 0.333 e. The average Bonchev–Trinajstić information content (AvgIpc) is 3.21. The first-order valence-electron chi connectivity index (χ1n) is 11.2. The summed E-state index contributed by atoms with van der Waals surface area (Å²) < 4.78 is 7.84. The van der Waals surface area contributed by atoms with Crippen LogP contribution in [0.15, 0.2) is 64.3 Å². The lowest BCUT2D eigenvalue weighted by Gasteiger charge is -2.36. The van der Waals surface area contributed by atoms with Crippen molar-refractivity contribution >= 4 is 34.2 Å². The maximum atomic E-state index is 13.4. The number of nitrogens with zero attached hydrogens (tertiary/aromatic N) is 4. The van der Waals surface area contributed by atoms with E-state index in [2.05, 4.69) is 9.88 Å². The fourth-order valence-electron chi connectivity index (χ4n) is 4.49. The minimum Gasteiger partial charge on any atom is -0.497 e. The third kappa shape index (κ3) is 4.08. The summed E-state index contributed by atoms with van der Waals surface area (Å²) in [6.45, 7) is 2.38. The number of H-pyrrole nitrogens is 1. The molecule has 10 heteroatoms. The van der Waals surface area contributed by atoms with Crippen LogP contribution in [0.2, 0.25) is 5.02 Å². The summed E-state index contributed by atoms with van der Waals surface area (Å²) in [7, 11) is 3.32. The second kappa shape index (κ2) is 8.99. The summed E-state index contributed by atoms with van der Waals surface area (Å²) in [6.07, 6.45) is 1.60. The SMILES string of the molecule is COc1ccc(N2CCN(C(=O)c3cn(C)c4c(=O)n(-c5ccc(Cl)cc5)c(=O)[nH]c34)CC2)cc1. The van der Waals surface area contributed by atoms with E-state index >= 15 is 0 Å². The molecule has 3 heterocycles. The molecular formula is C25H24ClN5O4. The van der Waals surface area contributed by atoms with Crippen molar-refractivity contribution in [3.05, 3.63) is 86.2 Å². The van der Waals surface area contributed by atoms with E-state index in [1.807, 2.05) is 24.3 Å². The quantitative estimate of drug-likeness (QED) is 0.472. The number of hydrogen-bond acceptors (Lipinski definition) is 5. The molecule has 0 saturated carbocycles. The van der Waals surface area contributed by atoms with Crippen molar-refractivity contribution in [2.24, 2.45) is 7.05 Å². The standard InChI is InChI=1S/C25H24ClN5O4/c1-28-15-20(21-22(28)24(33)31(25(34)27-21)18-5-3-16(26)4-6-18)23(32)30-13-11-29(12-14-30)17-7-9-19(35-2)10-8-17/h3-10,15H,11-14H2,1-2H3,(H,27,34). The van der Waals surface area contributed by atoms with Gasteiger partial charge in [-0.3, -0.25) is 9.59 Å². The molecule has 2 aromatic heterocycles. The molecule has 0 radical (unpaired) electrons. The molecule has 1 amide bonds. The van der Waals surface area contributed by atoms with Crippen LogP contribution in [0.5, 0.6) is 5.75 Å². The Morgan fingerprint density at radius 1 is 0.943 bits per heavy atom. The van der Waals surface area contributed by atoms with E-state index in [4.69, 9.17) is 16.3 Å². The lowest BCUT2D eigenvalue weighted by atomic mass is 10.2. The molecule has 0 aliphatic carbocycles. The van der Waals surface area contributed by atoms with Gasteiger partial charge in [0.1, 0.15) is 11.3 Å². The highest BCUT2D eigenvalue weighted by molar-refractivity contribution is 6.30. The van der Waals surface area contributed by atoms with Gasteiger partial charge in [0, 0.05) is 50.1 Å². The Balaban J connectivity index is 1.42. The zero-order valence-electron chi connectivity index (χ0n) is 19.3. The zero-order valence-corrected chi connectivity index (χ0v) is 20.1. The van der Waals surface area contributed by atoms with Crippen LogP contribution < -0.4 is 20.9 Å². The van der Waals surface area contributed by atoms with Gasteiger partial charge in [-0.05, 0) is 48.5 Å². The van der Waals surface area contributed by atoms with E-state index in [0.717, 1.165) is 16.0 Å². The number of piperazine rings is 1. The van der Waals surface area contributed by atoms with Gasteiger partial charge in [-0.2, -0.15) is 0 Å². The fraction of sp³-hybridized carbons (Fsp3) is 0.240. The lowest BCUT2D eigenvalue weighted by Crippen LogP contribution is -2.48. The lowest BCUT2D eigenvalue weighted by molar-refractivity contribution is 0.0748. The number of benzene rings is 2. The summed E-state index contributed by atoms with van der Waals surface area (Å²) in [5.41, 5.74) is 1.14. The largest absolute Gasteiger partial charge is 0.497 e. The van der Waals surface area contributed by atoms with Crippen LogP contribution in [0, 0.1) is 0 Å². The number of aryl methyl sites for hydroxylation is 1. The molecule has 1 aliphatic rings. The van der Waals surface area contributed by atoms with E-state index in [-0.39, 0.29) is 16.9 Å². The number of amides is 1. The smallest absolute Gasteiger partial charge is 0.333 e. The van der Waals surface area contributed by atoms with Gasteiger partial charge >= 0.3 is 5.69 Å². The fourth-order valence-corrected chi connectivity index (χ4v) is 4.62. The normalized spacial score (nSPS) is 13.9. The Hall–Kier alpha value is -3.98. The maximum absolute atomic E-state index is 13.4. The monoisotopic (exact) mass is 493 g/mol. The number of hydrogen-bond donors (Lipinski definition) is 1. The van der Waals surface area contributed by atoms with Gasteiger partial charge in [0.25, 0.3) is 11.5 Å². The predicted octanol–water partition coefficient (Wildman–Crippen LogP) is 2.64. The summed E-state index contributed by atoms with van der Waals surface area (Å²) >= 11 is 5.94. The first-order valence-corrected chi connectivity index (χ1v) is 11.5. The van der Waals surface area contributed by atoms with Crippen molar-refractivity contribution in [1.29, 1.82) is 0 Å². The highest BCUT2D eigenvalue weighted by Gasteiger charge is 2.27. The van der Waals surface area contributed by atoms with E-state index < -0.39 is 11.2 Å². The van der Waals surface area contributed by atoms with Gasteiger partial charge in [0.05, 0.1) is 23.9 Å². The van der Waals surface area contributed by atoms with E-state index in [1.54, 1.807) is 54.1 Å². The Morgan fingerprint density at radius 2 is 1.57 bits per heavy atom. The molecule has 1 N–H and O–H groups in total. The number of anilines is 1. The molecule has 4 aromatic rings. The van der Waals surface area contributed by atoms with Crippen LogP contribution in [0.3, 0.4) is 0 Å². The third-order valence-corrected chi connectivity index (χ3v) is 6.59. The highest BCUT2D eigenvalue weighted by Crippen LogP contribution is 2.22. The second-order valence-corrected chi connectivity index (χ2v) is 8.84. The number of fused-ring (bicyclic) bond motifs is 1. The number of aromatic nitrogens is 3. The minimum absolute atomic E-state index is 0.218. The molecular weight excluding hydrogens is 470 g/mol. The molecule has 1 aliphatic heterocycles. The van der Waals surface area contributed by atoms with Crippen molar-refractivity contribution < 1.29 is 9.53 Å². The molecule has 2 aromatic carbocycles. The molecule has 5 rings (SSSR count). The average molecular weight is 494 g/mol. The number of nitrogens with one attached hydrogen (secondary N) is 1. The highest BCUT2D eigenvalue weighted by atomic mass is 35.5. The number of methoxy groups -OCH3 is 1. The number of halogens is 1. The topological polar surface area (TPSA) is 92.6 Å². The first kappa shape index (κ1) is 22.8. The van der Waals surface area contributed by atoms with Crippen LogP contribution >= 0.6 is 11.6 Å². The summed E-state index contributed by atoms with van der Waals surface area (Å²) in [5, 5.41) is 0.498. The summed E-state index contributed by atoms with van der Waals surface area (Å²) in [4.78, 5) is 46.2. The van der Waals surface area contributed by atoms with Crippen molar-refractivity contribution in [2.45, 2.75) is 0 Å². The molecule has 35 heavy (non-hydrogen) atoms. The van der Waals surface area contributed by atoms with Crippen molar-refractivity contribution in [3.8, 4) is 11.4 Å². The Morgan fingerprint density at radius 3 is 2.20 bits per heavy atom. The molecule has 1 saturated heterocycles. The van der Waals surface area contributed by atoms with Gasteiger partial charge in [-0.25, -0.2) is 9.36 Å². The molecule has 180 valence electrons. The number of carbonyl (C=O) groups is 1. The molecule has 0 spiro atoms. The van der Waals surface area contributed by atoms with E-state index in [1.165, 1.54) is 0 Å². The number of carbonyl (C=O) groups excluding carboxylic acids is 1. The molecule has 1 fully saturated rings. The van der Waals surface area contributed by atoms with E-state index in [0.29, 0.717) is 42.5 Å². The van der Waals surface area contributed by atoms with Gasteiger partial charge in [0.2, 0.25) is 0 Å². The van der Waals surface area contributed by atoms with Gasteiger partial charge in [-0.15, -0.1) is 0 Å². The number of aromatic amines is 1. The minimum atomic E-state index is -0.616. The van der Waals surface area contributed by atoms with Crippen molar-refractivity contribution in [2.75, 3.05) is 38.2 Å². The Labute approximate surface area is 205 Å². The van der Waals surface area contributed by atoms with Crippen LogP contribution in [0.4, 0.5) is 5.69 Å². The first-order chi connectivity index (χ1) is 16.9. The Bertz CT molecular complexity index is 1510. The van der Waals surface area contributed by atoms with Gasteiger partial charge in [-0.1, -0.05) is 11.6 Å². The predicted molar refractivity (Wildman–Crippen MR) is 135 cm³/mol. The summed E-state index contributed by atoms with van der Waals surface area (Å²) in [6, 6.07) is 14.2. The number of ether oxygens (including phenoxy) is 1. The number of rotatable bonds is 4. The van der Waals surface area contributed by atoms with E-state index in [9.17, 15) is 14.4 Å². The van der Waals surface area contributed by atoms with Gasteiger partial charge < -0.3 is 24.1 Å².